The number of imidazole rings is 1. The molecule has 3 aliphatic heterocycles. The summed E-state index contributed by atoms with van der Waals surface area (Å²) in [5, 5.41) is 5.52. The molecule has 3 fully saturated rings. The highest BCUT2D eigenvalue weighted by molar-refractivity contribution is 6.03. The Bertz CT molecular complexity index is 1960. The first-order valence-corrected chi connectivity index (χ1v) is 19.6. The molecule has 0 spiro atoms. The second-order valence-corrected chi connectivity index (χ2v) is 14.9. The van der Waals surface area contributed by atoms with Crippen LogP contribution in [0.2, 0.25) is 0 Å². The average molecular weight is 766 g/mol. The summed E-state index contributed by atoms with van der Waals surface area (Å²) < 4.78 is 14.7. The third kappa shape index (κ3) is 8.35. The zero-order valence-corrected chi connectivity index (χ0v) is 32.3. The number of hydrogen-bond acceptors (Lipinski definition) is 9. The summed E-state index contributed by atoms with van der Waals surface area (Å²) in [4.78, 5) is 67.8. The third-order valence-corrected chi connectivity index (χ3v) is 11.6. The Hall–Kier alpha value is -5.50. The molecule has 2 saturated heterocycles. The lowest BCUT2D eigenvalue weighted by Gasteiger charge is -2.30. The van der Waals surface area contributed by atoms with Crippen LogP contribution in [0.5, 0.6) is 0 Å². The molecule has 1 aliphatic carbocycles. The van der Waals surface area contributed by atoms with E-state index in [4.69, 9.17) is 19.2 Å². The van der Waals surface area contributed by atoms with E-state index in [1.165, 1.54) is 14.2 Å². The number of nitrogens with zero attached hydrogens (tertiary/aromatic N) is 4. The van der Waals surface area contributed by atoms with E-state index in [9.17, 15) is 19.2 Å². The molecule has 7 rings (SSSR count). The number of likely N-dealkylation sites (tertiary alicyclic amines) is 2. The first-order chi connectivity index (χ1) is 27.3. The van der Waals surface area contributed by atoms with E-state index in [0.717, 1.165) is 84.2 Å². The molecular formula is C42H51N7O7. The molecule has 4 aliphatic rings. The largest absolute Gasteiger partial charge is 0.453 e. The van der Waals surface area contributed by atoms with Gasteiger partial charge in [-0.05, 0) is 66.4 Å². The topological polar surface area (TPSA) is 168 Å². The lowest BCUT2D eigenvalue weighted by Crippen LogP contribution is -2.49. The molecule has 0 unspecified atom stereocenters. The summed E-state index contributed by atoms with van der Waals surface area (Å²) in [7, 11) is 4.18. The Morgan fingerprint density at radius 1 is 0.804 bits per heavy atom. The van der Waals surface area contributed by atoms with Gasteiger partial charge in [0.15, 0.2) is 0 Å². The quantitative estimate of drug-likeness (QED) is 0.206. The predicted molar refractivity (Wildman–Crippen MR) is 210 cm³/mol. The summed E-state index contributed by atoms with van der Waals surface area (Å²) in [5.41, 5.74) is 7.28. The number of allylic oxidation sites excluding steroid dienone is 1. The first kappa shape index (κ1) is 38.8. The second kappa shape index (κ2) is 17.5. The first-order valence-electron chi connectivity index (χ1n) is 19.6. The number of ether oxygens (including phenoxy) is 3. The number of carbonyl (C=O) groups is 4. The molecule has 2 aromatic carbocycles. The average Bonchev–Trinajstić information content (AvgIpc) is 4.08. The fraction of sp³-hybridized carbons (Fsp3) is 0.476. The van der Waals surface area contributed by atoms with E-state index < -0.39 is 18.2 Å². The van der Waals surface area contributed by atoms with E-state index >= 15 is 0 Å². The van der Waals surface area contributed by atoms with Gasteiger partial charge in [-0.25, -0.2) is 14.6 Å². The van der Waals surface area contributed by atoms with E-state index in [1.807, 2.05) is 11.1 Å². The van der Waals surface area contributed by atoms with Gasteiger partial charge in [0.05, 0.1) is 44.1 Å². The van der Waals surface area contributed by atoms with E-state index in [1.54, 1.807) is 18.2 Å². The molecule has 4 heterocycles. The van der Waals surface area contributed by atoms with Crippen molar-refractivity contribution in [3.63, 3.8) is 0 Å². The van der Waals surface area contributed by atoms with Gasteiger partial charge in [-0.15, -0.1) is 0 Å². The molecule has 3 aromatic rings. The van der Waals surface area contributed by atoms with Crippen LogP contribution < -0.4 is 10.6 Å². The van der Waals surface area contributed by atoms with Gasteiger partial charge >= 0.3 is 12.2 Å². The van der Waals surface area contributed by atoms with Crippen molar-refractivity contribution in [2.75, 3.05) is 41.0 Å². The lowest BCUT2D eigenvalue weighted by molar-refractivity contribution is -0.136. The summed E-state index contributed by atoms with van der Waals surface area (Å²) >= 11 is 0. The van der Waals surface area contributed by atoms with Crippen LogP contribution in [-0.2, 0) is 23.8 Å². The number of aromatic nitrogens is 2. The maximum Gasteiger partial charge on any atom is 0.407 e. The maximum atomic E-state index is 13.7. The summed E-state index contributed by atoms with van der Waals surface area (Å²) in [6, 6.07) is 15.6. The Morgan fingerprint density at radius 3 is 2.16 bits per heavy atom. The SMILES string of the molecule is COCC[C@H](NC(=O)OC)C(=O)N1CCC[C@H]1c1ncc(-c2ccc(-c3ccc(C4=CN=C([C@@H]5CCCN5C(=O)[C@H]5CCC[C@@H]5NC(=O)OC)C4)cc3)cc2)[nH]1. The smallest absolute Gasteiger partial charge is 0.407 e. The molecule has 1 aromatic heterocycles. The van der Waals surface area contributed by atoms with Gasteiger partial charge in [0.25, 0.3) is 0 Å². The number of rotatable bonds is 12. The van der Waals surface area contributed by atoms with Gasteiger partial charge in [0, 0.05) is 57.6 Å². The van der Waals surface area contributed by atoms with Gasteiger partial charge in [-0.1, -0.05) is 55.0 Å². The molecule has 3 N–H and O–H groups in total. The number of H-pyrrole nitrogens is 1. The number of aromatic amines is 1. The fourth-order valence-corrected chi connectivity index (χ4v) is 8.64. The fourth-order valence-electron chi connectivity index (χ4n) is 8.64. The van der Waals surface area contributed by atoms with Crippen molar-refractivity contribution >= 4 is 35.3 Å². The lowest BCUT2D eigenvalue weighted by atomic mass is 9.95. The Kier molecular flexibility index (Phi) is 12.1. The van der Waals surface area contributed by atoms with Crippen molar-refractivity contribution in [1.82, 2.24) is 30.4 Å². The van der Waals surface area contributed by atoms with E-state index in [2.05, 4.69) is 69.1 Å². The molecule has 296 valence electrons. The summed E-state index contributed by atoms with van der Waals surface area (Å²) in [6.45, 7) is 1.61. The molecule has 56 heavy (non-hydrogen) atoms. The minimum absolute atomic E-state index is 0.0206. The number of hydrogen-bond donors (Lipinski definition) is 3. The van der Waals surface area contributed by atoms with Crippen molar-refractivity contribution in [1.29, 1.82) is 0 Å². The van der Waals surface area contributed by atoms with Crippen molar-refractivity contribution in [3.05, 3.63) is 72.3 Å². The summed E-state index contributed by atoms with van der Waals surface area (Å²) in [5.74, 6) is 0.409. The monoisotopic (exact) mass is 765 g/mol. The highest BCUT2D eigenvalue weighted by Crippen LogP contribution is 2.36. The Balaban J connectivity index is 0.954. The van der Waals surface area contributed by atoms with E-state index in [0.29, 0.717) is 38.4 Å². The molecule has 4 amide bonds. The van der Waals surface area contributed by atoms with Gasteiger partial charge < -0.3 is 39.6 Å². The highest BCUT2D eigenvalue weighted by atomic mass is 16.5. The highest BCUT2D eigenvalue weighted by Gasteiger charge is 2.42. The van der Waals surface area contributed by atoms with Crippen LogP contribution in [0.1, 0.15) is 75.2 Å². The van der Waals surface area contributed by atoms with Crippen LogP contribution >= 0.6 is 0 Å². The van der Waals surface area contributed by atoms with Gasteiger partial charge in [0.1, 0.15) is 11.9 Å². The van der Waals surface area contributed by atoms with Crippen LogP contribution in [0.25, 0.3) is 28.0 Å². The number of alkyl carbamates (subject to hydrolysis) is 2. The Morgan fingerprint density at radius 2 is 1.46 bits per heavy atom. The summed E-state index contributed by atoms with van der Waals surface area (Å²) in [6.07, 6.45) is 9.53. The number of methoxy groups -OCH3 is 3. The van der Waals surface area contributed by atoms with Crippen LogP contribution in [0.4, 0.5) is 9.59 Å². The van der Waals surface area contributed by atoms with Crippen LogP contribution in [0.3, 0.4) is 0 Å². The maximum absolute atomic E-state index is 13.7. The van der Waals surface area contributed by atoms with Gasteiger partial charge in [0.2, 0.25) is 11.8 Å². The standard InChI is InChI=1S/C42H51N7O7/c1-54-22-19-33(47-42(53)56-3)40(51)49-21-6-10-37(49)38-44-25-35(45-38)29-17-15-27(16-18-29)26-11-13-28(14-12-26)30-23-34(43-24-30)36-9-5-20-48(36)39(50)31-7-4-8-32(31)46-41(52)55-2/h11-18,24-25,31-33,36-37H,4-10,19-23H2,1-3H3,(H,44,45)(H,46,52)(H,47,53)/t31-,32-,33-,36-,37-/m0/s1. The normalized spacial score (nSPS) is 22.4. The van der Waals surface area contributed by atoms with Crippen LogP contribution in [-0.4, -0.2) is 109 Å². The van der Waals surface area contributed by atoms with Crippen molar-refractivity contribution < 1.29 is 33.4 Å². The van der Waals surface area contributed by atoms with E-state index in [-0.39, 0.29) is 35.9 Å². The zero-order valence-electron chi connectivity index (χ0n) is 32.3. The minimum atomic E-state index is -0.755. The van der Waals surface area contributed by atoms with Crippen molar-refractivity contribution in [3.8, 4) is 22.4 Å². The minimum Gasteiger partial charge on any atom is -0.453 e. The second-order valence-electron chi connectivity index (χ2n) is 14.9. The van der Waals surface area contributed by atoms with Gasteiger partial charge in [-0.2, -0.15) is 0 Å². The molecule has 0 bridgehead atoms. The molecule has 0 radical (unpaired) electrons. The number of carbonyl (C=O) groups excluding carboxylic acids is 4. The number of aliphatic imine (C=N–C) groups is 1. The zero-order chi connectivity index (χ0) is 39.2. The van der Waals surface area contributed by atoms with Crippen LogP contribution in [0.15, 0.2) is 65.9 Å². The Labute approximate surface area is 327 Å². The van der Waals surface area contributed by atoms with Crippen molar-refractivity contribution in [2.24, 2.45) is 10.9 Å². The van der Waals surface area contributed by atoms with Gasteiger partial charge in [-0.3, -0.25) is 14.6 Å². The number of amides is 4. The number of benzene rings is 2. The molecule has 5 atom stereocenters. The molecule has 14 nitrogen and oxygen atoms in total. The van der Waals surface area contributed by atoms with Crippen molar-refractivity contribution in [2.45, 2.75) is 82.0 Å². The molecular weight excluding hydrogens is 715 g/mol. The number of nitrogens with one attached hydrogen (secondary N) is 3. The third-order valence-electron chi connectivity index (χ3n) is 11.6. The molecule has 14 heteroatoms. The predicted octanol–water partition coefficient (Wildman–Crippen LogP) is 5.87. The molecule has 1 saturated carbocycles. The van der Waals surface area contributed by atoms with Crippen LogP contribution in [0, 0.1) is 5.92 Å².